The van der Waals surface area contributed by atoms with Gasteiger partial charge in [-0.3, -0.25) is 14.4 Å². The maximum absolute atomic E-state index is 13.1. The largest absolute Gasteiger partial charge is 0.481 e. The van der Waals surface area contributed by atoms with Crippen molar-refractivity contribution in [1.82, 2.24) is 10.2 Å². The molecule has 0 spiro atoms. The Balaban J connectivity index is 1.34. The van der Waals surface area contributed by atoms with Crippen molar-refractivity contribution in [3.63, 3.8) is 0 Å². The van der Waals surface area contributed by atoms with Gasteiger partial charge < -0.3 is 15.3 Å². The number of rotatable bonds is 4. The molecule has 2 N–H and O–H groups in total. The van der Waals surface area contributed by atoms with Crippen LogP contribution in [-0.4, -0.2) is 40.4 Å². The molecule has 2 aliphatic carbocycles. The standard InChI is InChI=1S/C23H30N2O4/c26-21(15-5-1-2-6-15)24-18-11-9-16(10-12-18)22(27)25-13-17-7-3-4-8-19(17)20(14-25)23(28)29/h3-4,7-8,15-16,18,20H,1-2,5-6,9-14H2,(H,24,26)(H,28,29). The Morgan fingerprint density at radius 3 is 2.31 bits per heavy atom. The van der Waals surface area contributed by atoms with Crippen molar-refractivity contribution < 1.29 is 19.5 Å². The Labute approximate surface area is 171 Å². The molecule has 156 valence electrons. The molecule has 6 heteroatoms. The van der Waals surface area contributed by atoms with Gasteiger partial charge in [0.15, 0.2) is 0 Å². The molecule has 1 heterocycles. The van der Waals surface area contributed by atoms with Crippen LogP contribution in [0.25, 0.3) is 0 Å². The van der Waals surface area contributed by atoms with Crippen molar-refractivity contribution in [3.8, 4) is 0 Å². The molecule has 1 atom stereocenters. The van der Waals surface area contributed by atoms with Gasteiger partial charge in [-0.15, -0.1) is 0 Å². The van der Waals surface area contributed by atoms with Gasteiger partial charge in [0, 0.05) is 31.0 Å². The minimum atomic E-state index is -0.881. The fourth-order valence-corrected chi connectivity index (χ4v) is 5.24. The first-order chi connectivity index (χ1) is 14.0. The van der Waals surface area contributed by atoms with Crippen LogP contribution in [0.5, 0.6) is 0 Å². The predicted molar refractivity (Wildman–Crippen MR) is 108 cm³/mol. The van der Waals surface area contributed by atoms with Crippen LogP contribution in [0.4, 0.5) is 0 Å². The van der Waals surface area contributed by atoms with Crippen LogP contribution < -0.4 is 5.32 Å². The van der Waals surface area contributed by atoms with E-state index in [2.05, 4.69) is 5.32 Å². The van der Waals surface area contributed by atoms with Crippen molar-refractivity contribution in [2.24, 2.45) is 11.8 Å². The lowest BCUT2D eigenvalue weighted by molar-refractivity contribution is -0.143. The summed E-state index contributed by atoms with van der Waals surface area (Å²) in [6, 6.07) is 7.69. The van der Waals surface area contributed by atoms with E-state index in [0.717, 1.165) is 62.5 Å². The van der Waals surface area contributed by atoms with Gasteiger partial charge >= 0.3 is 5.97 Å². The van der Waals surface area contributed by atoms with E-state index in [0.29, 0.717) is 6.54 Å². The minimum Gasteiger partial charge on any atom is -0.481 e. The summed E-state index contributed by atoms with van der Waals surface area (Å²) in [6.07, 6.45) is 7.45. The average Bonchev–Trinajstić information content (AvgIpc) is 3.28. The van der Waals surface area contributed by atoms with Crippen molar-refractivity contribution in [2.75, 3.05) is 6.54 Å². The summed E-state index contributed by atoms with van der Waals surface area (Å²) in [5.41, 5.74) is 1.75. The lowest BCUT2D eigenvalue weighted by atomic mass is 9.83. The molecule has 1 aromatic rings. The van der Waals surface area contributed by atoms with E-state index in [4.69, 9.17) is 0 Å². The molecule has 29 heavy (non-hydrogen) atoms. The van der Waals surface area contributed by atoms with Gasteiger partial charge in [-0.2, -0.15) is 0 Å². The lowest BCUT2D eigenvalue weighted by Crippen LogP contribution is -2.46. The number of carboxylic acids is 1. The van der Waals surface area contributed by atoms with Gasteiger partial charge in [0.25, 0.3) is 0 Å². The summed E-state index contributed by atoms with van der Waals surface area (Å²) in [5.74, 6) is -1.19. The van der Waals surface area contributed by atoms with Crippen molar-refractivity contribution in [1.29, 1.82) is 0 Å². The third-order valence-electron chi connectivity index (χ3n) is 6.95. The Morgan fingerprint density at radius 1 is 0.931 bits per heavy atom. The van der Waals surface area contributed by atoms with Gasteiger partial charge in [-0.05, 0) is 49.7 Å². The molecule has 1 aliphatic heterocycles. The third-order valence-corrected chi connectivity index (χ3v) is 6.95. The number of amides is 2. The minimum absolute atomic E-state index is 0.0614. The molecule has 0 aromatic heterocycles. The van der Waals surface area contributed by atoms with E-state index >= 15 is 0 Å². The predicted octanol–water partition coefficient (Wildman–Crippen LogP) is 3.06. The summed E-state index contributed by atoms with van der Waals surface area (Å²) < 4.78 is 0. The highest BCUT2D eigenvalue weighted by atomic mass is 16.4. The molecule has 0 saturated heterocycles. The molecule has 6 nitrogen and oxygen atoms in total. The van der Waals surface area contributed by atoms with Crippen molar-refractivity contribution >= 4 is 17.8 Å². The van der Waals surface area contributed by atoms with E-state index in [1.807, 2.05) is 24.3 Å². The first kappa shape index (κ1) is 19.9. The first-order valence-corrected chi connectivity index (χ1v) is 10.9. The molecule has 3 aliphatic rings. The second-order valence-electron chi connectivity index (χ2n) is 8.85. The number of hydrogen-bond acceptors (Lipinski definition) is 3. The Morgan fingerprint density at radius 2 is 1.62 bits per heavy atom. The summed E-state index contributed by atoms with van der Waals surface area (Å²) >= 11 is 0. The maximum atomic E-state index is 13.1. The first-order valence-electron chi connectivity index (χ1n) is 10.9. The lowest BCUT2D eigenvalue weighted by Gasteiger charge is -2.37. The van der Waals surface area contributed by atoms with Crippen molar-refractivity contribution in [2.45, 2.75) is 69.9 Å². The number of fused-ring (bicyclic) bond motifs is 1. The zero-order chi connectivity index (χ0) is 20.4. The molecule has 0 radical (unpaired) electrons. The van der Waals surface area contributed by atoms with E-state index in [9.17, 15) is 19.5 Å². The normalized spacial score (nSPS) is 27.3. The number of hydrogen-bond donors (Lipinski definition) is 2. The number of nitrogens with one attached hydrogen (secondary N) is 1. The fourth-order valence-electron chi connectivity index (χ4n) is 5.24. The highest BCUT2D eigenvalue weighted by Gasteiger charge is 2.36. The summed E-state index contributed by atoms with van der Waals surface area (Å²) in [7, 11) is 0. The molecule has 0 bridgehead atoms. The second-order valence-corrected chi connectivity index (χ2v) is 8.85. The van der Waals surface area contributed by atoms with Crippen LogP contribution >= 0.6 is 0 Å². The van der Waals surface area contributed by atoms with E-state index in [-0.39, 0.29) is 36.2 Å². The number of carbonyl (C=O) groups excluding carboxylic acids is 2. The monoisotopic (exact) mass is 398 g/mol. The second kappa shape index (κ2) is 8.56. The van der Waals surface area contributed by atoms with Crippen LogP contribution in [0.3, 0.4) is 0 Å². The highest BCUT2D eigenvalue weighted by molar-refractivity contribution is 5.83. The van der Waals surface area contributed by atoms with Crippen LogP contribution in [-0.2, 0) is 20.9 Å². The summed E-state index contributed by atoms with van der Waals surface area (Å²) in [4.78, 5) is 38.9. The average molecular weight is 399 g/mol. The number of carbonyl (C=O) groups is 3. The molecular formula is C23H30N2O4. The van der Waals surface area contributed by atoms with Crippen LogP contribution in [0, 0.1) is 11.8 Å². The molecule has 1 aromatic carbocycles. The van der Waals surface area contributed by atoms with Gasteiger partial charge in [0.2, 0.25) is 11.8 Å². The van der Waals surface area contributed by atoms with Gasteiger partial charge in [0.1, 0.15) is 0 Å². The zero-order valence-corrected chi connectivity index (χ0v) is 16.8. The zero-order valence-electron chi connectivity index (χ0n) is 16.8. The van der Waals surface area contributed by atoms with Crippen LogP contribution in [0.15, 0.2) is 24.3 Å². The number of nitrogens with zero attached hydrogens (tertiary/aromatic N) is 1. The smallest absolute Gasteiger partial charge is 0.312 e. The van der Waals surface area contributed by atoms with E-state index in [1.165, 1.54) is 0 Å². The quantitative estimate of drug-likeness (QED) is 0.816. The topological polar surface area (TPSA) is 86.7 Å². The Bertz CT molecular complexity index is 779. The molecule has 2 saturated carbocycles. The Hall–Kier alpha value is -2.37. The maximum Gasteiger partial charge on any atom is 0.312 e. The number of carboxylic acid groups (broad SMARTS) is 1. The van der Waals surface area contributed by atoms with E-state index in [1.54, 1.807) is 4.90 Å². The number of aliphatic carboxylic acids is 1. The number of benzene rings is 1. The van der Waals surface area contributed by atoms with Gasteiger partial charge in [0.05, 0.1) is 5.92 Å². The third kappa shape index (κ3) is 4.31. The molecular weight excluding hydrogens is 368 g/mol. The summed E-state index contributed by atoms with van der Waals surface area (Å²) in [5, 5.41) is 12.8. The van der Waals surface area contributed by atoms with Gasteiger partial charge in [-0.25, -0.2) is 0 Å². The molecule has 2 fully saturated rings. The van der Waals surface area contributed by atoms with E-state index < -0.39 is 11.9 Å². The van der Waals surface area contributed by atoms with Crippen LogP contribution in [0.2, 0.25) is 0 Å². The fraction of sp³-hybridized carbons (Fsp3) is 0.609. The molecule has 4 rings (SSSR count). The SMILES string of the molecule is O=C(NC1CCC(C(=O)N2Cc3ccccc3C(C(=O)O)C2)CC1)C1CCCC1. The highest BCUT2D eigenvalue weighted by Crippen LogP contribution is 2.33. The van der Waals surface area contributed by atoms with Crippen LogP contribution in [0.1, 0.15) is 68.4 Å². The summed E-state index contributed by atoms with van der Waals surface area (Å²) in [6.45, 7) is 0.723. The molecule has 1 unspecified atom stereocenters. The Kier molecular flexibility index (Phi) is 5.88. The van der Waals surface area contributed by atoms with Crippen molar-refractivity contribution in [3.05, 3.63) is 35.4 Å². The van der Waals surface area contributed by atoms with Gasteiger partial charge in [-0.1, -0.05) is 37.1 Å². The molecule has 2 amide bonds.